The number of halogens is 1. The summed E-state index contributed by atoms with van der Waals surface area (Å²) >= 11 is 0. The van der Waals surface area contributed by atoms with Crippen molar-refractivity contribution >= 4 is 11.6 Å². The number of hydrogen-bond donors (Lipinski definition) is 2. The summed E-state index contributed by atoms with van der Waals surface area (Å²) in [6.45, 7) is 2.52. The van der Waals surface area contributed by atoms with Gasteiger partial charge in [0, 0.05) is 11.6 Å². The lowest BCUT2D eigenvalue weighted by Gasteiger charge is -2.26. The summed E-state index contributed by atoms with van der Waals surface area (Å²) in [6, 6.07) is 4.59. The molecule has 2 rings (SSSR count). The fourth-order valence-corrected chi connectivity index (χ4v) is 2.71. The van der Waals surface area contributed by atoms with Gasteiger partial charge in [-0.15, -0.1) is 0 Å². The van der Waals surface area contributed by atoms with E-state index in [0.717, 1.165) is 31.2 Å². The van der Waals surface area contributed by atoms with Crippen molar-refractivity contribution in [2.75, 3.05) is 11.9 Å². The van der Waals surface area contributed by atoms with Crippen molar-refractivity contribution in [1.82, 2.24) is 0 Å². The molecule has 0 aromatic heterocycles. The van der Waals surface area contributed by atoms with E-state index in [4.69, 9.17) is 5.73 Å². The minimum absolute atomic E-state index is 0.000437. The molecule has 1 aromatic rings. The number of carbonyl (C=O) groups excluding carboxylic acids is 1. The number of nitrogens with two attached hydrogens (primary N) is 1. The van der Waals surface area contributed by atoms with Crippen molar-refractivity contribution in [3.63, 3.8) is 0 Å². The highest BCUT2D eigenvalue weighted by Gasteiger charge is 2.25. The van der Waals surface area contributed by atoms with E-state index < -0.39 is 0 Å². The first kappa shape index (κ1) is 14.0. The van der Waals surface area contributed by atoms with Crippen LogP contribution in [-0.2, 0) is 4.79 Å². The maximum atomic E-state index is 13.3. The fourth-order valence-electron chi connectivity index (χ4n) is 2.71. The van der Waals surface area contributed by atoms with Gasteiger partial charge in [0.1, 0.15) is 5.82 Å². The molecule has 3 N–H and O–H groups in total. The molecular weight excluding hydrogens is 243 g/mol. The summed E-state index contributed by atoms with van der Waals surface area (Å²) in [5, 5.41) is 2.82. The van der Waals surface area contributed by atoms with Gasteiger partial charge in [-0.05, 0) is 68.8 Å². The van der Waals surface area contributed by atoms with Crippen LogP contribution >= 0.6 is 0 Å². The largest absolute Gasteiger partial charge is 0.330 e. The molecule has 0 unspecified atom stereocenters. The average molecular weight is 264 g/mol. The second kappa shape index (κ2) is 6.15. The first-order valence-electron chi connectivity index (χ1n) is 6.86. The SMILES string of the molecule is Cc1cc(F)cc(NC(=O)C2CCC(CN)CC2)c1. The van der Waals surface area contributed by atoms with E-state index in [-0.39, 0.29) is 17.6 Å². The minimum Gasteiger partial charge on any atom is -0.330 e. The van der Waals surface area contributed by atoms with Crippen LogP contribution in [0.2, 0.25) is 0 Å². The third kappa shape index (κ3) is 3.77. The maximum Gasteiger partial charge on any atom is 0.227 e. The van der Waals surface area contributed by atoms with Crippen molar-refractivity contribution < 1.29 is 9.18 Å². The highest BCUT2D eigenvalue weighted by atomic mass is 19.1. The fraction of sp³-hybridized carbons (Fsp3) is 0.533. The number of carbonyl (C=O) groups is 1. The van der Waals surface area contributed by atoms with E-state index in [0.29, 0.717) is 18.2 Å². The maximum absolute atomic E-state index is 13.3. The van der Waals surface area contributed by atoms with Gasteiger partial charge in [0.25, 0.3) is 0 Å². The highest BCUT2D eigenvalue weighted by molar-refractivity contribution is 5.92. The molecule has 1 aliphatic carbocycles. The van der Waals surface area contributed by atoms with E-state index in [1.807, 2.05) is 6.92 Å². The molecule has 0 radical (unpaired) electrons. The van der Waals surface area contributed by atoms with Crippen molar-refractivity contribution in [2.24, 2.45) is 17.6 Å². The number of amides is 1. The van der Waals surface area contributed by atoms with Crippen LogP contribution < -0.4 is 11.1 Å². The summed E-state index contributed by atoms with van der Waals surface area (Å²) in [4.78, 5) is 12.1. The van der Waals surface area contributed by atoms with E-state index >= 15 is 0 Å². The van der Waals surface area contributed by atoms with Crippen LogP contribution in [0, 0.1) is 24.6 Å². The van der Waals surface area contributed by atoms with Crippen LogP contribution in [0.15, 0.2) is 18.2 Å². The molecule has 0 heterocycles. The third-order valence-corrected chi connectivity index (χ3v) is 3.86. The van der Waals surface area contributed by atoms with E-state index in [2.05, 4.69) is 5.32 Å². The molecular formula is C15H21FN2O. The summed E-state index contributed by atoms with van der Waals surface area (Å²) in [5.41, 5.74) is 6.99. The van der Waals surface area contributed by atoms with Crippen LogP contribution in [0.1, 0.15) is 31.2 Å². The number of anilines is 1. The zero-order valence-corrected chi connectivity index (χ0v) is 11.3. The predicted octanol–water partition coefficient (Wildman–Crippen LogP) is 2.84. The lowest BCUT2D eigenvalue weighted by Crippen LogP contribution is -2.29. The Kier molecular flexibility index (Phi) is 4.53. The smallest absolute Gasteiger partial charge is 0.227 e. The monoisotopic (exact) mass is 264 g/mol. The van der Waals surface area contributed by atoms with E-state index in [1.54, 1.807) is 6.07 Å². The zero-order valence-electron chi connectivity index (χ0n) is 11.3. The van der Waals surface area contributed by atoms with Crippen molar-refractivity contribution in [2.45, 2.75) is 32.6 Å². The Bertz CT molecular complexity index is 433. The van der Waals surface area contributed by atoms with Gasteiger partial charge in [0.05, 0.1) is 0 Å². The molecule has 19 heavy (non-hydrogen) atoms. The highest BCUT2D eigenvalue weighted by Crippen LogP contribution is 2.29. The Balaban J connectivity index is 1.94. The molecule has 3 nitrogen and oxygen atoms in total. The zero-order chi connectivity index (χ0) is 13.8. The van der Waals surface area contributed by atoms with Crippen LogP contribution in [0.5, 0.6) is 0 Å². The molecule has 0 spiro atoms. The predicted molar refractivity (Wildman–Crippen MR) is 74.3 cm³/mol. The van der Waals surface area contributed by atoms with Gasteiger partial charge in [0.15, 0.2) is 0 Å². The van der Waals surface area contributed by atoms with Crippen LogP contribution in [0.25, 0.3) is 0 Å². The number of benzene rings is 1. The van der Waals surface area contributed by atoms with Gasteiger partial charge in [-0.25, -0.2) is 4.39 Å². The molecule has 1 aliphatic rings. The lowest BCUT2D eigenvalue weighted by atomic mass is 9.81. The van der Waals surface area contributed by atoms with Gasteiger partial charge in [0.2, 0.25) is 5.91 Å². The Labute approximate surface area is 113 Å². The van der Waals surface area contributed by atoms with Gasteiger partial charge in [-0.1, -0.05) is 0 Å². The summed E-state index contributed by atoms with van der Waals surface area (Å²) in [6.07, 6.45) is 3.78. The Morgan fingerprint density at radius 1 is 1.32 bits per heavy atom. The summed E-state index contributed by atoms with van der Waals surface area (Å²) in [5.74, 6) is 0.273. The van der Waals surface area contributed by atoms with Gasteiger partial charge >= 0.3 is 0 Å². The molecule has 0 atom stereocenters. The van der Waals surface area contributed by atoms with Crippen LogP contribution in [0.4, 0.5) is 10.1 Å². The van der Waals surface area contributed by atoms with Crippen LogP contribution in [0.3, 0.4) is 0 Å². The molecule has 1 amide bonds. The van der Waals surface area contributed by atoms with E-state index in [9.17, 15) is 9.18 Å². The molecule has 1 saturated carbocycles. The van der Waals surface area contributed by atoms with Gasteiger partial charge < -0.3 is 11.1 Å². The molecule has 0 aliphatic heterocycles. The van der Waals surface area contributed by atoms with Crippen molar-refractivity contribution in [1.29, 1.82) is 0 Å². The molecule has 0 bridgehead atoms. The van der Waals surface area contributed by atoms with Crippen molar-refractivity contribution in [3.8, 4) is 0 Å². The standard InChI is InChI=1S/C15H21FN2O/c1-10-6-13(16)8-14(7-10)18-15(19)12-4-2-11(9-17)3-5-12/h6-8,11-12H,2-5,9,17H2,1H3,(H,18,19). The first-order valence-corrected chi connectivity index (χ1v) is 6.86. The van der Waals surface area contributed by atoms with Crippen LogP contribution in [-0.4, -0.2) is 12.5 Å². The number of aryl methyl sites for hydroxylation is 1. The van der Waals surface area contributed by atoms with E-state index in [1.165, 1.54) is 12.1 Å². The van der Waals surface area contributed by atoms with Gasteiger partial charge in [-0.2, -0.15) is 0 Å². The Hall–Kier alpha value is -1.42. The molecule has 0 saturated heterocycles. The number of nitrogens with one attached hydrogen (secondary N) is 1. The Morgan fingerprint density at radius 2 is 2.00 bits per heavy atom. The summed E-state index contributed by atoms with van der Waals surface area (Å²) in [7, 11) is 0. The normalized spacial score (nSPS) is 23.1. The second-order valence-electron chi connectivity index (χ2n) is 5.46. The molecule has 1 aromatic carbocycles. The molecule has 4 heteroatoms. The number of hydrogen-bond acceptors (Lipinski definition) is 2. The molecule has 1 fully saturated rings. The first-order chi connectivity index (χ1) is 9.08. The van der Waals surface area contributed by atoms with Gasteiger partial charge in [-0.3, -0.25) is 4.79 Å². The minimum atomic E-state index is -0.317. The average Bonchev–Trinajstić information content (AvgIpc) is 2.37. The lowest BCUT2D eigenvalue weighted by molar-refractivity contribution is -0.121. The quantitative estimate of drug-likeness (QED) is 0.882. The Morgan fingerprint density at radius 3 is 2.58 bits per heavy atom. The third-order valence-electron chi connectivity index (χ3n) is 3.86. The summed E-state index contributed by atoms with van der Waals surface area (Å²) < 4.78 is 13.3. The number of rotatable bonds is 3. The second-order valence-corrected chi connectivity index (χ2v) is 5.46. The molecule has 104 valence electrons. The van der Waals surface area contributed by atoms with Crippen molar-refractivity contribution in [3.05, 3.63) is 29.6 Å². The topological polar surface area (TPSA) is 55.1 Å².